The van der Waals surface area contributed by atoms with Crippen LogP contribution in [0.4, 0.5) is 21.9 Å². The minimum Gasteiger partial charge on any atom is -0.372 e. The first-order valence-corrected chi connectivity index (χ1v) is 15.1. The molecule has 3 aromatic rings. The molecule has 0 saturated carbocycles. The zero-order valence-corrected chi connectivity index (χ0v) is 23.0. The molecule has 0 aliphatic carbocycles. The van der Waals surface area contributed by atoms with Gasteiger partial charge in [-0.2, -0.15) is 0 Å². The third-order valence-corrected chi connectivity index (χ3v) is 9.15. The lowest BCUT2D eigenvalue weighted by molar-refractivity contribution is 0.194. The number of hydrogen-bond donors (Lipinski definition) is 1. The van der Waals surface area contributed by atoms with Crippen LogP contribution < -0.4 is 15.1 Å². The molecule has 0 bridgehead atoms. The monoisotopic (exact) mass is 531 g/mol. The molecule has 2 aromatic carbocycles. The number of fused-ring (bicyclic) bond motifs is 1. The lowest BCUT2D eigenvalue weighted by Crippen LogP contribution is -2.43. The number of piperidine rings is 1. The summed E-state index contributed by atoms with van der Waals surface area (Å²) in [6.07, 6.45) is 8.19. The van der Waals surface area contributed by atoms with E-state index in [2.05, 4.69) is 61.0 Å². The normalized spacial score (nSPS) is 19.3. The highest BCUT2D eigenvalue weighted by Gasteiger charge is 2.26. The van der Waals surface area contributed by atoms with Crippen LogP contribution in [0.15, 0.2) is 48.8 Å². The molecule has 9 heteroatoms. The number of amides is 2. The number of anilines is 3. The number of carbonyl (C=O) groups is 1. The van der Waals surface area contributed by atoms with Gasteiger partial charge in [0.15, 0.2) is 0 Å². The van der Waals surface area contributed by atoms with Crippen LogP contribution in [-0.2, 0) is 0 Å². The zero-order chi connectivity index (χ0) is 25.9. The Hall–Kier alpha value is -3.04. The van der Waals surface area contributed by atoms with Gasteiger partial charge in [-0.05, 0) is 74.4 Å². The summed E-state index contributed by atoms with van der Waals surface area (Å²) in [5, 5.41) is 4.23. The van der Waals surface area contributed by atoms with E-state index < -0.39 is 0 Å². The summed E-state index contributed by atoms with van der Waals surface area (Å²) in [5.41, 5.74) is 5.46. The molecule has 6 rings (SSSR count). The molecule has 0 unspecified atom stereocenters. The van der Waals surface area contributed by atoms with Gasteiger partial charge in [-0.15, -0.1) is 0 Å². The Kier molecular flexibility index (Phi) is 7.56. The lowest BCUT2D eigenvalue weighted by atomic mass is 9.91. The molecule has 38 heavy (non-hydrogen) atoms. The van der Waals surface area contributed by atoms with Crippen LogP contribution in [0.2, 0.25) is 0 Å². The predicted molar refractivity (Wildman–Crippen MR) is 157 cm³/mol. The molecule has 3 fully saturated rings. The summed E-state index contributed by atoms with van der Waals surface area (Å²) >= 11 is 1.83. The summed E-state index contributed by atoms with van der Waals surface area (Å²) < 4.78 is 2.41. The maximum atomic E-state index is 13.0. The predicted octanol–water partition coefficient (Wildman–Crippen LogP) is 5.04. The molecule has 3 saturated heterocycles. The third kappa shape index (κ3) is 5.40. The average molecular weight is 532 g/mol. The van der Waals surface area contributed by atoms with Crippen molar-refractivity contribution in [3.8, 4) is 0 Å². The number of urea groups is 1. The number of benzene rings is 2. The van der Waals surface area contributed by atoms with Crippen molar-refractivity contribution in [2.24, 2.45) is 0 Å². The van der Waals surface area contributed by atoms with Crippen molar-refractivity contribution in [3.05, 3.63) is 54.5 Å². The number of rotatable bonds is 5. The van der Waals surface area contributed by atoms with E-state index in [1.54, 1.807) is 6.33 Å². The van der Waals surface area contributed by atoms with E-state index in [-0.39, 0.29) is 6.03 Å². The highest BCUT2D eigenvalue weighted by Crippen LogP contribution is 2.33. The second kappa shape index (κ2) is 11.4. The maximum absolute atomic E-state index is 13.0. The Morgan fingerprint density at radius 1 is 0.842 bits per heavy atom. The summed E-state index contributed by atoms with van der Waals surface area (Å²) in [6, 6.07) is 14.9. The van der Waals surface area contributed by atoms with Gasteiger partial charge < -0.3 is 20.0 Å². The fourth-order valence-corrected chi connectivity index (χ4v) is 6.54. The number of nitrogens with one attached hydrogen (secondary N) is 1. The van der Waals surface area contributed by atoms with Gasteiger partial charge in [-0.3, -0.25) is 0 Å². The van der Waals surface area contributed by atoms with Gasteiger partial charge >= 0.3 is 6.03 Å². The Labute approximate surface area is 229 Å². The van der Waals surface area contributed by atoms with Crippen LogP contribution in [-0.4, -0.2) is 83.8 Å². The minimum atomic E-state index is -0.0175. The van der Waals surface area contributed by atoms with E-state index in [1.165, 1.54) is 24.2 Å². The van der Waals surface area contributed by atoms with Crippen molar-refractivity contribution < 1.29 is 4.79 Å². The van der Waals surface area contributed by atoms with E-state index in [1.807, 2.05) is 29.0 Å². The molecule has 1 N–H and O–H groups in total. The van der Waals surface area contributed by atoms with E-state index in [4.69, 9.17) is 4.98 Å². The quantitative estimate of drug-likeness (QED) is 0.463. The van der Waals surface area contributed by atoms with Crippen LogP contribution in [0.3, 0.4) is 0 Å². The van der Waals surface area contributed by atoms with Crippen LogP contribution >= 0.6 is 11.9 Å². The number of likely N-dealkylation sites (tertiary alicyclic amines) is 1. The Bertz CT molecular complexity index is 1250. The van der Waals surface area contributed by atoms with Crippen molar-refractivity contribution in [1.82, 2.24) is 19.2 Å². The fraction of sp³-hybridized carbons (Fsp3) is 0.483. The topological polar surface area (TPSA) is 67.8 Å². The van der Waals surface area contributed by atoms with Gasteiger partial charge in [0, 0.05) is 80.7 Å². The van der Waals surface area contributed by atoms with Gasteiger partial charge in [-0.25, -0.2) is 19.1 Å². The first-order valence-electron chi connectivity index (χ1n) is 13.9. The molecule has 3 aliphatic rings. The standard InChI is InChI=1S/C29H37N7OS/c1-38-36-18-16-34(17-19-36)25-8-9-26-27(20-25)30-21-31-28(26)22-10-14-35(15-11-22)29(37)32-23-4-6-24(7-5-23)33-12-2-3-13-33/h4-9,20-22H,2-3,10-19H2,1H3,(H,32,37). The number of hydrogen-bond acceptors (Lipinski definition) is 7. The van der Waals surface area contributed by atoms with Gasteiger partial charge in [-0.1, -0.05) is 11.9 Å². The molecular weight excluding hydrogens is 494 g/mol. The van der Waals surface area contributed by atoms with E-state index >= 15 is 0 Å². The summed E-state index contributed by atoms with van der Waals surface area (Å²) in [7, 11) is 0. The SMILES string of the molecule is CSN1CCN(c2ccc3c(C4CCN(C(=O)Nc5ccc(N6CCCC6)cc5)CC4)ncnc3c2)CC1. The van der Waals surface area contributed by atoms with Crippen LogP contribution in [0.5, 0.6) is 0 Å². The fourth-order valence-electron chi connectivity index (χ4n) is 6.01. The summed E-state index contributed by atoms with van der Waals surface area (Å²) in [6.45, 7) is 7.92. The smallest absolute Gasteiger partial charge is 0.321 e. The molecular formula is C29H37N7OS. The average Bonchev–Trinajstić information content (AvgIpc) is 3.52. The van der Waals surface area contributed by atoms with Crippen molar-refractivity contribution in [3.63, 3.8) is 0 Å². The highest BCUT2D eigenvalue weighted by molar-refractivity contribution is 7.96. The molecule has 1 aromatic heterocycles. The largest absolute Gasteiger partial charge is 0.372 e. The van der Waals surface area contributed by atoms with Crippen LogP contribution in [0.1, 0.15) is 37.3 Å². The number of piperazine rings is 1. The third-order valence-electron chi connectivity index (χ3n) is 8.27. The van der Waals surface area contributed by atoms with Gasteiger partial charge in [0.25, 0.3) is 0 Å². The highest BCUT2D eigenvalue weighted by atomic mass is 32.2. The minimum absolute atomic E-state index is 0.0175. The molecule has 200 valence electrons. The second-order valence-electron chi connectivity index (χ2n) is 10.5. The molecule has 0 atom stereocenters. The van der Waals surface area contributed by atoms with Gasteiger partial charge in [0.2, 0.25) is 0 Å². The molecule has 2 amide bonds. The first kappa shape index (κ1) is 25.2. The molecule has 0 radical (unpaired) electrons. The van der Waals surface area contributed by atoms with E-state index in [0.717, 1.165) is 87.5 Å². The molecule has 8 nitrogen and oxygen atoms in total. The number of nitrogens with zero attached hydrogens (tertiary/aromatic N) is 6. The van der Waals surface area contributed by atoms with Crippen LogP contribution in [0.25, 0.3) is 10.9 Å². The molecule has 3 aliphatic heterocycles. The van der Waals surface area contributed by atoms with E-state index in [9.17, 15) is 4.79 Å². The Balaban J connectivity index is 1.07. The van der Waals surface area contributed by atoms with E-state index in [0.29, 0.717) is 5.92 Å². The maximum Gasteiger partial charge on any atom is 0.321 e. The van der Waals surface area contributed by atoms with Crippen molar-refractivity contribution >= 4 is 45.9 Å². The zero-order valence-electron chi connectivity index (χ0n) is 22.2. The van der Waals surface area contributed by atoms with Crippen LogP contribution in [0, 0.1) is 0 Å². The van der Waals surface area contributed by atoms with Crippen molar-refractivity contribution in [1.29, 1.82) is 0 Å². The second-order valence-corrected chi connectivity index (χ2v) is 11.4. The van der Waals surface area contributed by atoms with Crippen molar-refractivity contribution in [2.45, 2.75) is 31.6 Å². The first-order chi connectivity index (χ1) is 18.7. The Morgan fingerprint density at radius 3 is 2.24 bits per heavy atom. The molecule has 0 spiro atoms. The Morgan fingerprint density at radius 2 is 1.53 bits per heavy atom. The van der Waals surface area contributed by atoms with Gasteiger partial charge in [0.05, 0.1) is 11.2 Å². The molecule has 4 heterocycles. The number of carbonyl (C=O) groups excluding carboxylic acids is 1. The number of aromatic nitrogens is 2. The van der Waals surface area contributed by atoms with Crippen molar-refractivity contribution in [2.75, 3.05) is 73.7 Å². The van der Waals surface area contributed by atoms with Gasteiger partial charge in [0.1, 0.15) is 6.33 Å². The summed E-state index contributed by atoms with van der Waals surface area (Å²) in [4.78, 5) is 29.1. The summed E-state index contributed by atoms with van der Waals surface area (Å²) in [5.74, 6) is 0.334. The lowest BCUT2D eigenvalue weighted by Gasteiger charge is -2.35.